The summed E-state index contributed by atoms with van der Waals surface area (Å²) in [6, 6.07) is 1.10. The van der Waals surface area contributed by atoms with Gasteiger partial charge in [-0.1, -0.05) is 0 Å². The van der Waals surface area contributed by atoms with Crippen molar-refractivity contribution in [1.29, 1.82) is 0 Å². The van der Waals surface area contributed by atoms with E-state index >= 15 is 0 Å². The summed E-state index contributed by atoms with van der Waals surface area (Å²) >= 11 is 0. The Morgan fingerprint density at radius 2 is 2.27 bits per heavy atom. The molecule has 0 spiro atoms. The van der Waals surface area contributed by atoms with Gasteiger partial charge in [0, 0.05) is 6.20 Å². The minimum Gasteiger partial charge on any atom is -0.465 e. The molecule has 0 aliphatic carbocycles. The van der Waals surface area contributed by atoms with E-state index in [1.165, 1.54) is 0 Å². The smallest absolute Gasteiger partial charge is 0.405 e. The van der Waals surface area contributed by atoms with E-state index in [0.717, 1.165) is 12.3 Å². The molecule has 0 fully saturated rings. The molecule has 1 aromatic heterocycles. The fraction of sp³-hybridized carbons (Fsp3) is 0.286. The number of hydrogen-bond acceptors (Lipinski definition) is 3. The van der Waals surface area contributed by atoms with Gasteiger partial charge in [0.2, 0.25) is 0 Å². The number of nitrogens with zero attached hydrogens (tertiary/aromatic N) is 2. The maximum Gasteiger partial charge on any atom is 0.405 e. The minimum atomic E-state index is -2.93. The Morgan fingerprint density at radius 3 is 2.80 bits per heavy atom. The fourth-order valence-corrected chi connectivity index (χ4v) is 0.937. The van der Waals surface area contributed by atoms with Crippen molar-refractivity contribution in [1.82, 2.24) is 15.1 Å². The molecule has 1 aromatic rings. The monoisotopic (exact) mass is 219 g/mol. The van der Waals surface area contributed by atoms with Crippen molar-refractivity contribution in [2.24, 2.45) is 0 Å². The molecule has 0 unspecified atom stereocenters. The van der Waals surface area contributed by atoms with E-state index in [0.29, 0.717) is 0 Å². The van der Waals surface area contributed by atoms with Crippen LogP contribution < -0.4 is 5.32 Å². The summed E-state index contributed by atoms with van der Waals surface area (Å²) in [6.07, 6.45) is -0.355. The number of carboxylic acid groups (broad SMARTS) is 1. The number of carbonyl (C=O) groups is 2. The lowest BCUT2D eigenvalue weighted by atomic mass is 10.3. The average molecular weight is 219 g/mol. The first-order chi connectivity index (χ1) is 7.02. The molecule has 15 heavy (non-hydrogen) atoms. The van der Waals surface area contributed by atoms with Crippen LogP contribution in [0.3, 0.4) is 0 Å². The third-order valence-electron chi connectivity index (χ3n) is 1.54. The third-order valence-corrected chi connectivity index (χ3v) is 1.54. The number of nitrogens with one attached hydrogen (secondary N) is 1. The normalized spacial score (nSPS) is 10.3. The summed E-state index contributed by atoms with van der Waals surface area (Å²) < 4.78 is 24.7. The van der Waals surface area contributed by atoms with Gasteiger partial charge >= 0.3 is 12.6 Å². The molecular weight excluding hydrogens is 212 g/mol. The van der Waals surface area contributed by atoms with Crippen molar-refractivity contribution in [3.63, 3.8) is 0 Å². The van der Waals surface area contributed by atoms with Crippen LogP contribution in [0.2, 0.25) is 0 Å². The lowest BCUT2D eigenvalue weighted by Gasteiger charge is -2.04. The first-order valence-electron chi connectivity index (χ1n) is 3.84. The summed E-state index contributed by atoms with van der Waals surface area (Å²) in [5.41, 5.74) is -0.334. The van der Waals surface area contributed by atoms with Gasteiger partial charge < -0.3 is 10.4 Å². The van der Waals surface area contributed by atoms with E-state index in [1.807, 2.05) is 0 Å². The van der Waals surface area contributed by atoms with Gasteiger partial charge in [0.15, 0.2) is 5.78 Å². The molecule has 1 heterocycles. The molecule has 2 N–H and O–H groups in total. The van der Waals surface area contributed by atoms with Crippen LogP contribution in [0.1, 0.15) is 17.0 Å². The molecule has 0 saturated heterocycles. The molecule has 0 saturated carbocycles. The van der Waals surface area contributed by atoms with Gasteiger partial charge in [-0.2, -0.15) is 13.9 Å². The predicted octanol–water partition coefficient (Wildman–Crippen LogP) is 0.728. The minimum absolute atomic E-state index is 0.228. The highest BCUT2D eigenvalue weighted by Crippen LogP contribution is 2.11. The molecule has 8 heteroatoms. The van der Waals surface area contributed by atoms with Crippen LogP contribution in [-0.2, 0) is 0 Å². The highest BCUT2D eigenvalue weighted by molar-refractivity contribution is 5.97. The summed E-state index contributed by atoms with van der Waals surface area (Å²) in [5.74, 6) is -0.768. The number of carbonyl (C=O) groups excluding carboxylic acids is 1. The van der Waals surface area contributed by atoms with Crippen LogP contribution in [0.15, 0.2) is 12.3 Å². The van der Waals surface area contributed by atoms with E-state index in [1.54, 1.807) is 5.32 Å². The fourth-order valence-electron chi connectivity index (χ4n) is 0.937. The van der Waals surface area contributed by atoms with Gasteiger partial charge in [-0.05, 0) is 6.07 Å². The van der Waals surface area contributed by atoms with Gasteiger partial charge in [-0.25, -0.2) is 9.48 Å². The number of Topliss-reactive ketones (excluding diaryl/α,β-unsaturated/α-hetero) is 1. The number of alkyl halides is 2. The third kappa shape index (κ3) is 2.73. The van der Waals surface area contributed by atoms with Crippen LogP contribution in [0.25, 0.3) is 0 Å². The Kier molecular flexibility index (Phi) is 3.32. The second-order valence-corrected chi connectivity index (χ2v) is 2.52. The molecule has 1 amide bonds. The van der Waals surface area contributed by atoms with Crippen LogP contribution in [-0.4, -0.2) is 33.3 Å². The predicted molar refractivity (Wildman–Crippen MR) is 43.8 cm³/mol. The van der Waals surface area contributed by atoms with E-state index in [2.05, 4.69) is 5.10 Å². The van der Waals surface area contributed by atoms with Crippen LogP contribution >= 0.6 is 0 Å². The molecule has 82 valence electrons. The van der Waals surface area contributed by atoms with Gasteiger partial charge in [-0.3, -0.25) is 4.79 Å². The van der Waals surface area contributed by atoms with Crippen LogP contribution in [0.4, 0.5) is 13.6 Å². The Balaban J connectivity index is 2.73. The van der Waals surface area contributed by atoms with E-state index < -0.39 is 25.0 Å². The van der Waals surface area contributed by atoms with Crippen molar-refractivity contribution in [3.05, 3.63) is 18.0 Å². The number of hydrogen-bond donors (Lipinski definition) is 2. The zero-order chi connectivity index (χ0) is 11.4. The molecule has 0 aliphatic heterocycles. The van der Waals surface area contributed by atoms with E-state index in [-0.39, 0.29) is 10.4 Å². The molecule has 1 rings (SSSR count). The summed E-state index contributed by atoms with van der Waals surface area (Å²) in [5, 5.41) is 13.2. The highest BCUT2D eigenvalue weighted by atomic mass is 19.3. The number of rotatable bonds is 4. The summed E-state index contributed by atoms with van der Waals surface area (Å²) in [6.45, 7) is -3.49. The SMILES string of the molecule is O=C(O)NCC(=O)c1ccnn1C(F)F. The number of ketones is 1. The summed E-state index contributed by atoms with van der Waals surface area (Å²) in [4.78, 5) is 21.3. The highest BCUT2D eigenvalue weighted by Gasteiger charge is 2.17. The largest absolute Gasteiger partial charge is 0.465 e. The maximum atomic E-state index is 12.2. The number of amides is 1. The Hall–Kier alpha value is -1.99. The Bertz CT molecular complexity index is 377. The number of aromatic nitrogens is 2. The van der Waals surface area contributed by atoms with Crippen LogP contribution in [0.5, 0.6) is 0 Å². The molecule has 0 radical (unpaired) electrons. The Morgan fingerprint density at radius 1 is 1.60 bits per heavy atom. The molecular formula is C7H7F2N3O3. The van der Waals surface area contributed by atoms with Crippen LogP contribution in [0, 0.1) is 0 Å². The van der Waals surface area contributed by atoms with Crippen molar-refractivity contribution < 1.29 is 23.5 Å². The zero-order valence-corrected chi connectivity index (χ0v) is 7.35. The second kappa shape index (κ2) is 4.49. The standard InChI is InChI=1S/C7H7F2N3O3/c8-6(9)12-4(1-2-11-12)5(13)3-10-7(14)15/h1-2,6,10H,3H2,(H,14,15). The molecule has 6 nitrogen and oxygen atoms in total. The van der Waals surface area contributed by atoms with Crippen molar-refractivity contribution >= 4 is 11.9 Å². The van der Waals surface area contributed by atoms with Gasteiger partial charge in [0.05, 0.1) is 6.54 Å². The molecule has 0 atom stereocenters. The lowest BCUT2D eigenvalue weighted by Crippen LogP contribution is -2.29. The zero-order valence-electron chi connectivity index (χ0n) is 7.35. The molecule has 0 aliphatic rings. The first-order valence-corrected chi connectivity index (χ1v) is 3.84. The Labute approximate surface area is 82.5 Å². The molecule has 0 bridgehead atoms. The molecule has 0 aromatic carbocycles. The first kappa shape index (κ1) is 11.1. The van der Waals surface area contributed by atoms with Gasteiger partial charge in [0.1, 0.15) is 5.69 Å². The maximum absolute atomic E-state index is 12.2. The van der Waals surface area contributed by atoms with Crippen molar-refractivity contribution in [2.45, 2.75) is 6.55 Å². The summed E-state index contributed by atoms with van der Waals surface area (Å²) in [7, 11) is 0. The lowest BCUT2D eigenvalue weighted by molar-refractivity contribution is 0.0516. The van der Waals surface area contributed by atoms with Crippen molar-refractivity contribution in [2.75, 3.05) is 6.54 Å². The van der Waals surface area contributed by atoms with E-state index in [9.17, 15) is 18.4 Å². The van der Waals surface area contributed by atoms with Gasteiger partial charge in [0.25, 0.3) is 0 Å². The average Bonchev–Trinajstić information content (AvgIpc) is 2.62. The van der Waals surface area contributed by atoms with Crippen molar-refractivity contribution in [3.8, 4) is 0 Å². The van der Waals surface area contributed by atoms with E-state index in [4.69, 9.17) is 5.11 Å². The number of halogens is 2. The topological polar surface area (TPSA) is 84.2 Å². The second-order valence-electron chi connectivity index (χ2n) is 2.52. The quantitative estimate of drug-likeness (QED) is 0.731. The van der Waals surface area contributed by atoms with Gasteiger partial charge in [-0.15, -0.1) is 0 Å².